The molecule has 2 amide bonds. The molecule has 0 radical (unpaired) electrons. The molecule has 0 fully saturated rings. The number of pyridine rings is 2. The first kappa shape index (κ1) is 24.8. The third-order valence-electron chi connectivity index (χ3n) is 4.29. The van der Waals surface area contributed by atoms with Crippen LogP contribution in [0.1, 0.15) is 43.5 Å². The summed E-state index contributed by atoms with van der Waals surface area (Å²) in [5, 5.41) is 41.9. The summed E-state index contributed by atoms with van der Waals surface area (Å²) < 4.78 is 4.68. The van der Waals surface area contributed by atoms with Crippen LogP contribution in [0, 0.1) is 0 Å². The molecule has 0 spiro atoms. The summed E-state index contributed by atoms with van der Waals surface area (Å²) in [5.74, 6) is -2.16. The second kappa shape index (κ2) is 11.8. The first-order valence-corrected chi connectivity index (χ1v) is 9.45. The Labute approximate surface area is 182 Å². The van der Waals surface area contributed by atoms with Gasteiger partial charge in [0.2, 0.25) is 0 Å². The number of aromatic nitrogens is 2. The van der Waals surface area contributed by atoms with Gasteiger partial charge in [-0.15, -0.1) is 0 Å². The van der Waals surface area contributed by atoms with Crippen LogP contribution < -0.4 is 10.6 Å². The molecule has 172 valence electrons. The first-order chi connectivity index (χ1) is 15.3. The maximum atomic E-state index is 12.6. The number of methoxy groups -OCH3 is 1. The van der Waals surface area contributed by atoms with E-state index in [4.69, 9.17) is 0 Å². The molecule has 32 heavy (non-hydrogen) atoms. The number of rotatable bonds is 10. The Kier molecular flexibility index (Phi) is 9.16. The topological polar surface area (TPSA) is 191 Å². The summed E-state index contributed by atoms with van der Waals surface area (Å²) in [7, 11) is 1.12. The monoisotopic (exact) mass is 448 g/mol. The zero-order valence-corrected chi connectivity index (χ0v) is 17.2. The minimum Gasteiger partial charge on any atom is -0.467 e. The van der Waals surface area contributed by atoms with Crippen molar-refractivity contribution >= 4 is 17.8 Å². The molecule has 0 aromatic carbocycles. The lowest BCUT2D eigenvalue weighted by atomic mass is 10.1. The van der Waals surface area contributed by atoms with E-state index in [1.54, 1.807) is 0 Å². The lowest BCUT2D eigenvalue weighted by Crippen LogP contribution is -2.49. The van der Waals surface area contributed by atoms with Crippen LogP contribution in [0.5, 0.6) is 0 Å². The van der Waals surface area contributed by atoms with E-state index in [9.17, 15) is 34.8 Å². The van der Waals surface area contributed by atoms with E-state index >= 15 is 0 Å². The fourth-order valence-corrected chi connectivity index (χ4v) is 2.76. The lowest BCUT2D eigenvalue weighted by Gasteiger charge is -2.18. The average molecular weight is 448 g/mol. The number of carbonyl (C=O) groups excluding carboxylic acids is 3. The Morgan fingerprint density at radius 3 is 1.59 bits per heavy atom. The van der Waals surface area contributed by atoms with E-state index in [0.717, 1.165) is 7.11 Å². The van der Waals surface area contributed by atoms with E-state index in [-0.39, 0.29) is 40.4 Å². The second-order valence-electron chi connectivity index (χ2n) is 6.57. The molecule has 1 atom stereocenters. The van der Waals surface area contributed by atoms with Crippen molar-refractivity contribution in [1.29, 1.82) is 0 Å². The predicted molar refractivity (Wildman–Crippen MR) is 108 cm³/mol. The second-order valence-corrected chi connectivity index (χ2v) is 6.57. The van der Waals surface area contributed by atoms with Crippen molar-refractivity contribution in [3.05, 3.63) is 58.2 Å². The summed E-state index contributed by atoms with van der Waals surface area (Å²) in [6.45, 7) is -2.11. The molecule has 0 saturated carbocycles. The smallest absolute Gasteiger partial charge is 0.330 e. The molecule has 2 aromatic heterocycles. The number of ether oxygens (including phenoxy) is 1. The van der Waals surface area contributed by atoms with Gasteiger partial charge < -0.3 is 35.8 Å². The van der Waals surface area contributed by atoms with Crippen molar-refractivity contribution in [1.82, 2.24) is 20.6 Å². The van der Waals surface area contributed by atoms with Gasteiger partial charge in [0.25, 0.3) is 11.8 Å². The number of aliphatic hydroxyl groups is 4. The van der Waals surface area contributed by atoms with Crippen molar-refractivity contribution in [2.75, 3.05) is 13.7 Å². The van der Waals surface area contributed by atoms with Gasteiger partial charge >= 0.3 is 5.97 Å². The van der Waals surface area contributed by atoms with Crippen molar-refractivity contribution in [2.45, 2.75) is 32.5 Å². The highest BCUT2D eigenvalue weighted by Gasteiger charge is 2.24. The third-order valence-corrected chi connectivity index (χ3v) is 4.29. The third kappa shape index (κ3) is 6.52. The molecular formula is C20H24N4O8. The molecule has 0 bridgehead atoms. The molecular weight excluding hydrogens is 424 g/mol. The highest BCUT2D eigenvalue weighted by molar-refractivity contribution is 5.98. The van der Waals surface area contributed by atoms with Gasteiger partial charge in [-0.3, -0.25) is 19.6 Å². The number of esters is 1. The van der Waals surface area contributed by atoms with Gasteiger partial charge in [-0.25, -0.2) is 4.79 Å². The Morgan fingerprint density at radius 1 is 0.812 bits per heavy atom. The predicted octanol–water partition coefficient (Wildman–Crippen LogP) is -1.85. The van der Waals surface area contributed by atoms with Crippen LogP contribution in [0.4, 0.5) is 0 Å². The van der Waals surface area contributed by atoms with Gasteiger partial charge in [-0.1, -0.05) is 0 Å². The zero-order valence-electron chi connectivity index (χ0n) is 17.2. The van der Waals surface area contributed by atoms with Crippen molar-refractivity contribution < 1.29 is 39.5 Å². The van der Waals surface area contributed by atoms with Crippen molar-refractivity contribution in [3.63, 3.8) is 0 Å². The highest BCUT2D eigenvalue weighted by atomic mass is 16.5. The maximum Gasteiger partial charge on any atom is 0.330 e. The molecule has 0 aliphatic carbocycles. The van der Waals surface area contributed by atoms with Gasteiger partial charge in [0.1, 0.15) is 6.04 Å². The highest BCUT2D eigenvalue weighted by Crippen LogP contribution is 2.09. The number of hydrogen-bond acceptors (Lipinski definition) is 10. The molecule has 2 aromatic rings. The lowest BCUT2D eigenvalue weighted by molar-refractivity contribution is -0.142. The van der Waals surface area contributed by atoms with Crippen LogP contribution in [0.2, 0.25) is 0 Å². The minimum atomic E-state index is -1.25. The van der Waals surface area contributed by atoms with Gasteiger partial charge in [-0.05, 0) is 24.3 Å². The Morgan fingerprint density at radius 2 is 1.22 bits per heavy atom. The van der Waals surface area contributed by atoms with Crippen LogP contribution >= 0.6 is 0 Å². The summed E-state index contributed by atoms with van der Waals surface area (Å²) in [6, 6.07) is 3.99. The summed E-state index contributed by atoms with van der Waals surface area (Å²) in [6.07, 6.45) is 0. The Bertz CT molecular complexity index is 938. The molecule has 0 saturated heterocycles. The SMILES string of the molecule is COC(=O)C(CNC(=O)c1cc(CO)nc(CO)c1)NC(=O)c1cc(CO)nc(CO)c1. The fourth-order valence-electron chi connectivity index (χ4n) is 2.76. The number of amides is 2. The summed E-state index contributed by atoms with van der Waals surface area (Å²) in [4.78, 5) is 45.1. The fraction of sp³-hybridized carbons (Fsp3) is 0.350. The standard InChI is InChI=1S/C20H24N4O8/c1-32-20(31)17(24-19(30)12-4-15(9-27)23-16(5-12)10-28)6-21-18(29)11-2-13(7-25)22-14(3-11)8-26/h2-5,17,25-28H,6-10H2,1H3,(H,21,29)(H,24,30). The molecule has 6 N–H and O–H groups in total. The largest absolute Gasteiger partial charge is 0.467 e. The number of hydrogen-bond donors (Lipinski definition) is 6. The molecule has 0 aliphatic heterocycles. The maximum absolute atomic E-state index is 12.6. The van der Waals surface area contributed by atoms with Gasteiger partial charge in [0, 0.05) is 17.7 Å². The molecule has 2 heterocycles. The van der Waals surface area contributed by atoms with Crippen LogP contribution in [0.15, 0.2) is 24.3 Å². The molecule has 12 nitrogen and oxygen atoms in total. The summed E-state index contributed by atoms with van der Waals surface area (Å²) >= 11 is 0. The Balaban J connectivity index is 2.15. The van der Waals surface area contributed by atoms with Gasteiger partial charge in [0.05, 0.1) is 56.3 Å². The number of aliphatic hydroxyl groups excluding tert-OH is 4. The minimum absolute atomic E-state index is 0.0441. The van der Waals surface area contributed by atoms with Crippen LogP contribution in [0.3, 0.4) is 0 Å². The first-order valence-electron chi connectivity index (χ1n) is 9.45. The van der Waals surface area contributed by atoms with Crippen LogP contribution in [-0.4, -0.2) is 67.9 Å². The van der Waals surface area contributed by atoms with E-state index in [1.807, 2.05) is 0 Å². The Hall–Kier alpha value is -3.45. The number of nitrogens with one attached hydrogen (secondary N) is 2. The van der Waals surface area contributed by atoms with E-state index in [1.165, 1.54) is 24.3 Å². The van der Waals surface area contributed by atoms with Crippen LogP contribution in [0.25, 0.3) is 0 Å². The van der Waals surface area contributed by atoms with Crippen molar-refractivity contribution in [2.24, 2.45) is 0 Å². The zero-order chi connectivity index (χ0) is 23.7. The number of nitrogens with zero attached hydrogens (tertiary/aromatic N) is 2. The van der Waals surface area contributed by atoms with Gasteiger partial charge in [-0.2, -0.15) is 0 Å². The van der Waals surface area contributed by atoms with E-state index in [2.05, 4.69) is 25.3 Å². The van der Waals surface area contributed by atoms with Crippen molar-refractivity contribution in [3.8, 4) is 0 Å². The molecule has 0 aliphatic rings. The van der Waals surface area contributed by atoms with Crippen LogP contribution in [-0.2, 0) is 36.0 Å². The number of carbonyl (C=O) groups is 3. The summed E-state index contributed by atoms with van der Waals surface area (Å²) in [5.41, 5.74) is 0.802. The quantitative estimate of drug-likeness (QED) is 0.225. The van der Waals surface area contributed by atoms with E-state index in [0.29, 0.717) is 0 Å². The van der Waals surface area contributed by atoms with Gasteiger partial charge in [0.15, 0.2) is 0 Å². The molecule has 12 heteroatoms. The normalized spacial score (nSPS) is 11.5. The average Bonchev–Trinajstić information content (AvgIpc) is 2.84. The van der Waals surface area contributed by atoms with E-state index < -0.39 is 50.3 Å². The molecule has 1 unspecified atom stereocenters. The molecule has 2 rings (SSSR count).